The normalized spacial score (nSPS) is 11.8. The molecule has 2 heterocycles. The third-order valence-corrected chi connectivity index (χ3v) is 10.6. The van der Waals surface area contributed by atoms with Crippen LogP contribution in [0.25, 0.3) is 10.9 Å². The van der Waals surface area contributed by atoms with Gasteiger partial charge in [-0.15, -0.1) is 0 Å². The van der Waals surface area contributed by atoms with Crippen molar-refractivity contribution < 1.29 is 50.0 Å². The van der Waals surface area contributed by atoms with Gasteiger partial charge in [0.15, 0.2) is 0 Å². The summed E-state index contributed by atoms with van der Waals surface area (Å²) in [4.78, 5) is 28.0. The number of halogens is 4. The van der Waals surface area contributed by atoms with Crippen LogP contribution in [-0.4, -0.2) is 39.7 Å². The van der Waals surface area contributed by atoms with E-state index < -0.39 is 17.5 Å². The molecule has 0 aliphatic carbocycles. The summed E-state index contributed by atoms with van der Waals surface area (Å²) >= 11 is 16.9. The summed E-state index contributed by atoms with van der Waals surface area (Å²) in [5, 5.41) is 6.62. The number of carbonyl (C=O) groups excluding carboxylic acids is 2. The molecular weight excluding hydrogens is 910 g/mol. The van der Waals surface area contributed by atoms with E-state index >= 15 is 0 Å². The molecule has 0 amide bonds. The monoisotopic (exact) mass is 937 g/mol. The molecule has 50 heavy (non-hydrogen) atoms. The van der Waals surface area contributed by atoms with Gasteiger partial charge in [-0.2, -0.15) is 5.10 Å². The van der Waals surface area contributed by atoms with Crippen LogP contribution in [0.1, 0.15) is 50.0 Å². The fourth-order valence-electron chi connectivity index (χ4n) is 5.97. The number of nitrogens with zero attached hydrogens (tertiary/aromatic N) is 3. The Morgan fingerprint density at radius 3 is 1.68 bits per heavy atom. The van der Waals surface area contributed by atoms with Gasteiger partial charge >= 0.3 is 41.5 Å². The summed E-state index contributed by atoms with van der Waals surface area (Å²) in [6, 6.07) is 38.0. The van der Waals surface area contributed by atoms with E-state index in [0.29, 0.717) is 27.7 Å². The van der Waals surface area contributed by atoms with Crippen molar-refractivity contribution in [3.05, 3.63) is 168 Å². The molecule has 1 aromatic heterocycles. The third kappa shape index (κ3) is 7.28. The second-order valence-corrected chi connectivity index (χ2v) is 13.8. The van der Waals surface area contributed by atoms with E-state index in [1.165, 1.54) is 14.2 Å². The van der Waals surface area contributed by atoms with E-state index in [-0.39, 0.29) is 31.0 Å². The minimum atomic E-state index is -0.776. The van der Waals surface area contributed by atoms with E-state index in [9.17, 15) is 9.59 Å². The molecule has 0 unspecified atom stereocenters. The van der Waals surface area contributed by atoms with Crippen LogP contribution < -0.4 is 29.6 Å². The Balaban J connectivity index is 0.000000289. The maximum atomic E-state index is 12.3. The summed E-state index contributed by atoms with van der Waals surface area (Å²) in [5.41, 5.74) is 5.95. The maximum Gasteiger partial charge on any atom is 1.00 e. The molecule has 0 atom stereocenters. The van der Waals surface area contributed by atoms with Gasteiger partial charge in [0.25, 0.3) is 0 Å². The van der Waals surface area contributed by atoms with Gasteiger partial charge in [-0.25, -0.2) is 14.3 Å². The summed E-state index contributed by atoms with van der Waals surface area (Å²) < 4.78 is 13.3. The van der Waals surface area contributed by atoms with Crippen LogP contribution in [-0.2, 0) is 21.6 Å². The average molecular weight is 938 g/mol. The average Bonchev–Trinajstić information content (AvgIpc) is 3.66. The first kappa shape index (κ1) is 38.5. The molecule has 5 aromatic carbocycles. The molecule has 0 spiro atoms. The Labute approximate surface area is 350 Å². The van der Waals surface area contributed by atoms with Crippen LogP contribution in [0.2, 0.25) is 10.0 Å². The van der Waals surface area contributed by atoms with Crippen LogP contribution in [0.5, 0.6) is 0 Å². The predicted octanol–water partition coefficient (Wildman–Crippen LogP) is 6.86. The molecule has 0 fully saturated rings. The number of methoxy groups -OCH3 is 2. The minimum Gasteiger partial charge on any atom is -1.00 e. The van der Waals surface area contributed by atoms with Crippen molar-refractivity contribution in [2.45, 2.75) is 12.1 Å². The van der Waals surface area contributed by atoms with E-state index in [1.54, 1.807) is 18.2 Å². The van der Waals surface area contributed by atoms with Gasteiger partial charge < -0.3 is 10.9 Å². The topological polar surface area (TPSA) is 82.8 Å². The van der Waals surface area contributed by atoms with Gasteiger partial charge in [-0.05, 0) is 91.7 Å². The zero-order chi connectivity index (χ0) is 34.7. The molecule has 0 N–H and O–H groups in total. The van der Waals surface area contributed by atoms with Crippen molar-refractivity contribution in [3.63, 3.8) is 0 Å². The molecule has 6 aromatic rings. The number of rotatable bonds is 6. The molecular formula is C38H28Cl2I2N3NaO4. The SMILES string of the molecule is COC(=O)c1cc2c(I)nn(C(c3ccccc3)(c3ccccc3)c3ccccc3)c2cc1Cl.COC(=O)c1cc2c(cc1Cl)CN=C2I.[H-].[Na+]. The molecule has 7 nitrogen and oxygen atoms in total. The molecule has 12 heteroatoms. The number of hydrogen-bond acceptors (Lipinski definition) is 6. The molecule has 0 saturated heterocycles. The molecule has 248 valence electrons. The second-order valence-electron chi connectivity index (χ2n) is 10.9. The first-order valence-corrected chi connectivity index (χ1v) is 17.9. The van der Waals surface area contributed by atoms with E-state index in [1.807, 2.05) is 65.3 Å². The Kier molecular flexibility index (Phi) is 12.8. The first-order chi connectivity index (χ1) is 23.7. The van der Waals surface area contributed by atoms with Crippen molar-refractivity contribution in [3.8, 4) is 0 Å². The van der Waals surface area contributed by atoms with E-state index in [0.717, 1.165) is 46.1 Å². The fraction of sp³-hybridized carbons (Fsp3) is 0.105. The molecule has 0 bridgehead atoms. The summed E-state index contributed by atoms with van der Waals surface area (Å²) in [6.45, 7) is 0.634. The number of esters is 2. The van der Waals surface area contributed by atoms with Crippen molar-refractivity contribution in [2.75, 3.05) is 14.2 Å². The summed E-state index contributed by atoms with van der Waals surface area (Å²) in [5.74, 6) is -0.894. The molecule has 0 saturated carbocycles. The maximum absolute atomic E-state index is 12.3. The Bertz CT molecular complexity index is 2130. The van der Waals surface area contributed by atoms with Crippen molar-refractivity contribution in [1.82, 2.24) is 9.78 Å². The molecule has 1 aliphatic heterocycles. The van der Waals surface area contributed by atoms with Gasteiger partial charge in [0.1, 0.15) is 13.0 Å². The van der Waals surface area contributed by atoms with Gasteiger partial charge in [-0.1, -0.05) is 114 Å². The largest absolute Gasteiger partial charge is 1.00 e. The summed E-state index contributed by atoms with van der Waals surface area (Å²) in [6.07, 6.45) is 0. The predicted molar refractivity (Wildman–Crippen MR) is 212 cm³/mol. The van der Waals surface area contributed by atoms with Gasteiger partial charge in [0.05, 0.1) is 47.5 Å². The Morgan fingerprint density at radius 1 is 0.740 bits per heavy atom. The molecule has 7 rings (SSSR count). The zero-order valence-corrected chi connectivity index (χ0v) is 35.0. The Hall–Kier alpha value is -2.78. The van der Waals surface area contributed by atoms with Crippen LogP contribution in [0.3, 0.4) is 0 Å². The number of hydrogen-bond donors (Lipinski definition) is 0. The van der Waals surface area contributed by atoms with Crippen LogP contribution in [0.15, 0.2) is 120 Å². The van der Waals surface area contributed by atoms with Gasteiger partial charge in [0, 0.05) is 10.9 Å². The quantitative estimate of drug-likeness (QED) is 0.0790. The minimum absolute atomic E-state index is 0. The van der Waals surface area contributed by atoms with Crippen LogP contribution in [0.4, 0.5) is 0 Å². The number of benzene rings is 5. The Morgan fingerprint density at radius 2 is 1.20 bits per heavy atom. The number of carbonyl (C=O) groups is 2. The van der Waals surface area contributed by atoms with Crippen LogP contribution in [0, 0.1) is 3.70 Å². The smallest absolute Gasteiger partial charge is 1.00 e. The van der Waals surface area contributed by atoms with Crippen molar-refractivity contribution >= 4 is 94.9 Å². The van der Waals surface area contributed by atoms with E-state index in [2.05, 4.69) is 91.3 Å². The number of aliphatic imine (C=N–C) groups is 1. The molecule has 1 aliphatic rings. The fourth-order valence-corrected chi connectivity index (χ4v) is 7.79. The summed E-state index contributed by atoms with van der Waals surface area (Å²) in [7, 11) is 2.69. The molecule has 0 radical (unpaired) electrons. The third-order valence-electron chi connectivity index (χ3n) is 8.23. The van der Waals surface area contributed by atoms with Crippen molar-refractivity contribution in [2.24, 2.45) is 4.99 Å². The van der Waals surface area contributed by atoms with Crippen LogP contribution >= 0.6 is 68.4 Å². The number of fused-ring (bicyclic) bond motifs is 2. The second kappa shape index (κ2) is 16.7. The van der Waals surface area contributed by atoms with Crippen molar-refractivity contribution in [1.29, 1.82) is 0 Å². The zero-order valence-electron chi connectivity index (χ0n) is 28.2. The number of aromatic nitrogens is 2. The number of ether oxygens (including phenoxy) is 2. The van der Waals surface area contributed by atoms with Gasteiger partial charge in [0.2, 0.25) is 0 Å². The first-order valence-electron chi connectivity index (χ1n) is 14.9. The standard InChI is InChI=1S/C28H20ClIN2O2.C10H7ClINO2.Na.H/c1-34-27(33)22-17-23-25(18-24(22)29)32(31-26(23)30)28(19-11-5-2-6-12-19,20-13-7-3-8-14-20)21-15-9-4-10-16-21;1-15-10(14)7-3-6-5(2-8(7)11)4-13-9(6)12;;/h2-18H,1H3;2-3H,4H2,1H3;;/q;;+1;-1. The van der Waals surface area contributed by atoms with Gasteiger partial charge in [-0.3, -0.25) is 4.99 Å². The van der Waals surface area contributed by atoms with E-state index in [4.69, 9.17) is 33.0 Å².